The Labute approximate surface area is 138 Å². The van der Waals surface area contributed by atoms with E-state index in [0.29, 0.717) is 0 Å². The number of hydrogen-bond donors (Lipinski definition) is 0. The summed E-state index contributed by atoms with van der Waals surface area (Å²) < 4.78 is 69.1. The van der Waals surface area contributed by atoms with Crippen molar-refractivity contribution in [1.29, 1.82) is 0 Å². The van der Waals surface area contributed by atoms with Gasteiger partial charge in [0.2, 0.25) is 0 Å². The Morgan fingerprint density at radius 3 is 0.571 bits per heavy atom. The molecule has 0 atom stereocenters. The van der Waals surface area contributed by atoms with Gasteiger partial charge in [-0.25, -0.2) is 0 Å². The van der Waals surface area contributed by atoms with Crippen LogP contribution in [-0.2, 0) is 6.03 Å². The number of rotatable bonds is 0. The molecule has 0 aliphatic heterocycles. The molecule has 2 N–H and O–H groups in total. The van der Waals surface area contributed by atoms with Gasteiger partial charge in [0.15, 0.2) is 0 Å². The molecule has 0 radical (unpaired) electrons. The summed E-state index contributed by atoms with van der Waals surface area (Å²) in [7, 11) is 0. The van der Waals surface area contributed by atoms with E-state index in [1.54, 1.807) is 0 Å². The minimum atomic E-state index is -6.10. The molecule has 0 unspecified atom stereocenters. The van der Waals surface area contributed by atoms with E-state index < -0.39 is 40.1 Å². The van der Waals surface area contributed by atoms with Crippen molar-refractivity contribution in [2.24, 2.45) is 0 Å². The summed E-state index contributed by atoms with van der Waals surface area (Å²) in [5.74, 6) is 0. The van der Waals surface area contributed by atoms with Crippen LogP contribution < -0.4 is 20.3 Å². The standard InChI is InChI=1S/3Mg.H2O.8O.2Sb/h;;;1H2;;;;;;;;;;/q3*+2;;;;6*-1;;. The first-order chi connectivity index (χ1) is 4.00. The van der Waals surface area contributed by atoms with E-state index in [1.807, 2.05) is 0 Å². The van der Waals surface area contributed by atoms with Crippen LogP contribution in [0.2, 0.25) is 0 Å². The van der Waals surface area contributed by atoms with Gasteiger partial charge in [-0.2, -0.15) is 0 Å². The van der Waals surface area contributed by atoms with Gasteiger partial charge in [0.25, 0.3) is 0 Å². The molecule has 0 saturated carbocycles. The third kappa shape index (κ3) is 293. The zero-order valence-electron chi connectivity index (χ0n) is 6.78. The van der Waals surface area contributed by atoms with Crippen molar-refractivity contribution in [2.45, 2.75) is 0 Å². The average molecular weight is 462 g/mol. The predicted octanol–water partition coefficient (Wildman–Crippen LogP) is -10.1. The predicted molar refractivity (Wildman–Crippen MR) is 33.8 cm³/mol. The molecule has 0 saturated heterocycles. The van der Waals surface area contributed by atoms with Gasteiger partial charge in [-0.3, -0.25) is 0 Å². The fourth-order valence-electron chi connectivity index (χ4n) is 0. The van der Waals surface area contributed by atoms with E-state index >= 15 is 0 Å². The third-order valence-electron chi connectivity index (χ3n) is 0. The van der Waals surface area contributed by atoms with Gasteiger partial charge in [0.1, 0.15) is 0 Å². The molecule has 0 heterocycles. The third-order valence-corrected chi connectivity index (χ3v) is 0. The van der Waals surface area contributed by atoms with Crippen LogP contribution in [0.3, 0.4) is 0 Å². The summed E-state index contributed by atoms with van der Waals surface area (Å²) in [6, 6.07) is 0. The van der Waals surface area contributed by atoms with Crippen LogP contribution in [0.4, 0.5) is 0 Å². The van der Waals surface area contributed by atoms with Crippen LogP contribution in [0, 0.1) is 0 Å². The Hall–Kier alpha value is 3.26. The van der Waals surface area contributed by atoms with Gasteiger partial charge >= 0.3 is 136 Å². The topological polar surface area (TPSA) is 204 Å². The van der Waals surface area contributed by atoms with Crippen molar-refractivity contribution < 1.29 is 31.8 Å². The SMILES string of the molecule is O.[Mg+2].[Mg+2].[Mg+2].[O]=[Sb]([O-])([O-])[O-].[O]=[Sb]([O-])([O-])[O-]. The Morgan fingerprint density at radius 1 is 0.571 bits per heavy atom. The van der Waals surface area contributed by atoms with E-state index in [0.717, 1.165) is 0 Å². The molecule has 0 rings (SSSR count). The second kappa shape index (κ2) is 16.3. The first-order valence-electron chi connectivity index (χ1n) is 1.46. The average Bonchev–Trinajstić information content (AvgIpc) is 1.12. The molecule has 14 heavy (non-hydrogen) atoms. The van der Waals surface area contributed by atoms with E-state index in [-0.39, 0.29) is 74.6 Å². The van der Waals surface area contributed by atoms with Gasteiger partial charge in [-0.1, -0.05) is 0 Å². The molecule has 0 aliphatic rings. The zero-order chi connectivity index (χ0) is 9.00. The van der Waals surface area contributed by atoms with Crippen LogP contribution in [0.15, 0.2) is 0 Å². The van der Waals surface area contributed by atoms with Gasteiger partial charge in [0.05, 0.1) is 0 Å². The molecule has 0 spiro atoms. The quantitative estimate of drug-likeness (QED) is 0.315. The fraction of sp³-hybridized carbons (Fsp3) is 0. The van der Waals surface area contributed by atoms with Crippen molar-refractivity contribution in [3.8, 4) is 0 Å². The molecule has 72 valence electrons. The van der Waals surface area contributed by atoms with Crippen LogP contribution >= 0.6 is 0 Å². The summed E-state index contributed by atoms with van der Waals surface area (Å²) >= 11 is -12.2. The first-order valence-corrected chi connectivity index (χ1v) is 9.80. The Morgan fingerprint density at radius 2 is 0.571 bits per heavy atom. The summed E-state index contributed by atoms with van der Waals surface area (Å²) in [5.41, 5.74) is 0. The monoisotopic (exact) mass is 460 g/mol. The van der Waals surface area contributed by atoms with Crippen LogP contribution in [0.5, 0.6) is 0 Å². The molecule has 0 fully saturated rings. The van der Waals surface area contributed by atoms with Crippen molar-refractivity contribution in [3.05, 3.63) is 0 Å². The van der Waals surface area contributed by atoms with Crippen LogP contribution in [0.1, 0.15) is 0 Å². The Kier molecular flexibility index (Phi) is 41.8. The first kappa shape index (κ1) is 36.0. The van der Waals surface area contributed by atoms with Crippen LogP contribution in [-0.4, -0.2) is 115 Å². The molecule has 0 bridgehead atoms. The Balaban J connectivity index is -0.0000000178. The van der Waals surface area contributed by atoms with Crippen molar-refractivity contribution in [3.63, 3.8) is 0 Å². The molecule has 9 nitrogen and oxygen atoms in total. The van der Waals surface area contributed by atoms with Crippen molar-refractivity contribution in [2.75, 3.05) is 0 Å². The summed E-state index contributed by atoms with van der Waals surface area (Å²) in [4.78, 5) is 0. The number of hydrogen-bond acceptors (Lipinski definition) is 8. The minimum absolute atomic E-state index is 0. The summed E-state index contributed by atoms with van der Waals surface area (Å²) in [6.45, 7) is 0. The zero-order valence-corrected chi connectivity index (χ0v) is 16.1. The van der Waals surface area contributed by atoms with Gasteiger partial charge in [-0.05, 0) is 0 Å². The fourth-order valence-corrected chi connectivity index (χ4v) is 0. The van der Waals surface area contributed by atoms with E-state index in [2.05, 4.69) is 0 Å². The van der Waals surface area contributed by atoms with Crippen LogP contribution in [0.25, 0.3) is 0 Å². The van der Waals surface area contributed by atoms with E-state index in [1.165, 1.54) is 0 Å². The summed E-state index contributed by atoms with van der Waals surface area (Å²) in [6.07, 6.45) is 0. The van der Waals surface area contributed by atoms with Gasteiger partial charge in [-0.15, -0.1) is 0 Å². The normalized spacial score (nSPS) is 8.43. The van der Waals surface area contributed by atoms with Crippen molar-refractivity contribution in [1.82, 2.24) is 0 Å². The van der Waals surface area contributed by atoms with Gasteiger partial charge in [0, 0.05) is 0 Å². The molecule has 0 aromatic heterocycles. The maximum atomic E-state index is 8.64. The molecule has 14 heteroatoms. The molecule has 0 aromatic rings. The molecular weight excluding hydrogens is 460 g/mol. The molecule has 0 amide bonds. The Bertz CT molecular complexity index is 130. The van der Waals surface area contributed by atoms with E-state index in [9.17, 15) is 0 Å². The van der Waals surface area contributed by atoms with Crippen molar-refractivity contribution >= 4 is 109 Å². The second-order valence-corrected chi connectivity index (χ2v) is 6.00. The van der Waals surface area contributed by atoms with Gasteiger partial charge < -0.3 is 5.48 Å². The summed E-state index contributed by atoms with van der Waals surface area (Å²) in [5, 5.41) is 0. The molecular formula is H2Mg3O9Sb2. The molecule has 0 aliphatic carbocycles. The maximum absolute atomic E-state index is 8.64. The van der Waals surface area contributed by atoms with E-state index in [4.69, 9.17) is 26.3 Å². The second-order valence-electron chi connectivity index (χ2n) is 0.894. The molecule has 0 aromatic carbocycles.